The third-order valence-electron chi connectivity index (χ3n) is 4.51. The largest absolute Gasteiger partial charge is 0.573 e. The van der Waals surface area contributed by atoms with Crippen molar-refractivity contribution in [1.82, 2.24) is 19.7 Å². The number of carbonyl (C=O) groups excluding carboxylic acids is 1. The van der Waals surface area contributed by atoms with E-state index in [0.29, 0.717) is 10.2 Å². The number of hydrogen-bond acceptors (Lipinski definition) is 5. The monoisotopic (exact) mass is 493 g/mol. The number of ether oxygens (including phenoxy) is 1. The molecule has 4 aromatic rings. The lowest BCUT2D eigenvalue weighted by Gasteiger charge is -2.11. The first kappa shape index (κ1) is 23.7. The van der Waals surface area contributed by atoms with E-state index in [1.165, 1.54) is 36.7 Å². The van der Waals surface area contributed by atoms with Crippen LogP contribution in [0.4, 0.5) is 32.0 Å². The van der Waals surface area contributed by atoms with E-state index in [4.69, 9.17) is 0 Å². The molecule has 1 amide bonds. The summed E-state index contributed by atoms with van der Waals surface area (Å²) < 4.78 is 82.3. The molecule has 0 bridgehead atoms. The lowest BCUT2D eigenvalue weighted by Crippen LogP contribution is -2.18. The zero-order chi connectivity index (χ0) is 25.2. The van der Waals surface area contributed by atoms with Gasteiger partial charge in [-0.05, 0) is 48.5 Å². The highest BCUT2D eigenvalue weighted by atomic mass is 19.4. The normalized spacial score (nSPS) is 11.8. The summed E-state index contributed by atoms with van der Waals surface area (Å²) in [5.41, 5.74) is -0.706. The summed E-state index contributed by atoms with van der Waals surface area (Å²) in [5, 5.41) is 6.40. The van der Waals surface area contributed by atoms with Crippen molar-refractivity contribution in [2.75, 3.05) is 5.32 Å². The molecule has 0 unspecified atom stereocenters. The van der Waals surface area contributed by atoms with Crippen molar-refractivity contribution in [3.05, 3.63) is 84.4 Å². The lowest BCUT2D eigenvalue weighted by molar-refractivity contribution is -0.274. The van der Waals surface area contributed by atoms with Crippen LogP contribution in [0.25, 0.3) is 17.1 Å². The van der Waals surface area contributed by atoms with Gasteiger partial charge >= 0.3 is 12.5 Å². The number of nitrogens with one attached hydrogen (secondary N) is 1. The first-order valence-electron chi connectivity index (χ1n) is 9.71. The first-order valence-corrected chi connectivity index (χ1v) is 9.71. The van der Waals surface area contributed by atoms with Crippen LogP contribution in [0.3, 0.4) is 0 Å². The zero-order valence-corrected chi connectivity index (χ0v) is 17.3. The van der Waals surface area contributed by atoms with Gasteiger partial charge in [0.2, 0.25) is 0 Å². The molecule has 0 aliphatic heterocycles. The smallest absolute Gasteiger partial charge is 0.406 e. The number of hydrogen-bond donors (Lipinski definition) is 1. The molecule has 0 saturated heterocycles. The summed E-state index contributed by atoms with van der Waals surface area (Å²) >= 11 is 0. The minimum Gasteiger partial charge on any atom is -0.406 e. The highest BCUT2D eigenvalue weighted by molar-refractivity contribution is 6.04. The molecule has 1 aromatic carbocycles. The quantitative estimate of drug-likeness (QED) is 0.372. The van der Waals surface area contributed by atoms with Gasteiger partial charge in [-0.1, -0.05) is 6.07 Å². The van der Waals surface area contributed by atoms with Crippen molar-refractivity contribution < 1.29 is 35.9 Å². The Kier molecular flexibility index (Phi) is 6.16. The van der Waals surface area contributed by atoms with E-state index >= 15 is 0 Å². The third-order valence-corrected chi connectivity index (χ3v) is 4.51. The maximum absolute atomic E-state index is 13.6. The molecule has 13 heteroatoms. The fourth-order valence-corrected chi connectivity index (χ4v) is 3.04. The number of anilines is 1. The van der Waals surface area contributed by atoms with Crippen LogP contribution in [0.15, 0.2) is 73.2 Å². The maximum atomic E-state index is 13.6. The van der Waals surface area contributed by atoms with Crippen molar-refractivity contribution in [2.45, 2.75) is 12.5 Å². The molecule has 0 aliphatic carbocycles. The highest BCUT2D eigenvalue weighted by Crippen LogP contribution is 2.33. The number of aromatic nitrogens is 4. The van der Waals surface area contributed by atoms with Gasteiger partial charge in [0.15, 0.2) is 11.5 Å². The lowest BCUT2D eigenvalue weighted by atomic mass is 10.2. The summed E-state index contributed by atoms with van der Waals surface area (Å²) in [4.78, 5) is 20.2. The number of nitrogens with zero attached hydrogens (tertiary/aromatic N) is 4. The van der Waals surface area contributed by atoms with Crippen LogP contribution in [0, 0.1) is 0 Å². The second-order valence-corrected chi connectivity index (χ2v) is 7.00. The third kappa shape index (κ3) is 5.75. The topological polar surface area (TPSA) is 81.9 Å². The van der Waals surface area contributed by atoms with Gasteiger partial charge in [0.1, 0.15) is 5.75 Å². The van der Waals surface area contributed by atoms with Gasteiger partial charge in [-0.25, -0.2) is 9.67 Å². The molecule has 0 atom stereocenters. The first-order chi connectivity index (χ1) is 16.5. The zero-order valence-electron chi connectivity index (χ0n) is 17.3. The van der Waals surface area contributed by atoms with Crippen LogP contribution >= 0.6 is 0 Å². The molecule has 1 N–H and O–H groups in total. The number of alkyl halides is 6. The van der Waals surface area contributed by atoms with Crippen molar-refractivity contribution in [3.8, 4) is 22.8 Å². The molecule has 7 nitrogen and oxygen atoms in total. The Morgan fingerprint density at radius 1 is 0.943 bits per heavy atom. The van der Waals surface area contributed by atoms with Gasteiger partial charge in [0.25, 0.3) is 5.91 Å². The van der Waals surface area contributed by atoms with Crippen molar-refractivity contribution >= 4 is 11.6 Å². The number of carbonyl (C=O) groups is 1. The van der Waals surface area contributed by atoms with Crippen LogP contribution in [0.1, 0.15) is 16.1 Å². The van der Waals surface area contributed by atoms with Crippen LogP contribution in [-0.4, -0.2) is 32.0 Å². The van der Waals surface area contributed by atoms with Gasteiger partial charge in [0.05, 0.1) is 17.6 Å². The van der Waals surface area contributed by atoms with E-state index in [9.17, 15) is 31.1 Å². The Labute approximate surface area is 193 Å². The Hall–Kier alpha value is -4.42. The molecule has 0 aliphatic rings. The van der Waals surface area contributed by atoms with Crippen LogP contribution in [0.2, 0.25) is 0 Å². The van der Waals surface area contributed by atoms with E-state index in [0.717, 1.165) is 24.4 Å². The van der Waals surface area contributed by atoms with Crippen molar-refractivity contribution in [1.29, 1.82) is 0 Å². The SMILES string of the molecule is O=C(Nc1ccc(-n2nc(-c3cccnc3)cc2C(F)(F)F)nc1)c1cccc(OC(F)(F)F)c1. The maximum Gasteiger partial charge on any atom is 0.573 e. The molecule has 3 aromatic heterocycles. The standard InChI is InChI=1S/C22H13F6N5O2/c23-21(24,25)18-10-17(14-4-2-8-29-11-14)32-33(18)19-7-6-15(12-30-19)31-20(34)13-3-1-5-16(9-13)35-22(26,27)28/h1-12H,(H,31,34). The van der Waals surface area contributed by atoms with Crippen molar-refractivity contribution in [2.24, 2.45) is 0 Å². The molecule has 35 heavy (non-hydrogen) atoms. The fourth-order valence-electron chi connectivity index (χ4n) is 3.04. The van der Waals surface area contributed by atoms with E-state index in [1.807, 2.05) is 0 Å². The second-order valence-electron chi connectivity index (χ2n) is 7.00. The molecule has 0 fully saturated rings. The van der Waals surface area contributed by atoms with Crippen molar-refractivity contribution in [3.63, 3.8) is 0 Å². The van der Waals surface area contributed by atoms with Gasteiger partial charge in [-0.3, -0.25) is 9.78 Å². The van der Waals surface area contributed by atoms with Crippen LogP contribution < -0.4 is 10.1 Å². The molecule has 0 spiro atoms. The van der Waals surface area contributed by atoms with E-state index in [2.05, 4.69) is 25.1 Å². The van der Waals surface area contributed by atoms with Crippen LogP contribution in [0.5, 0.6) is 5.75 Å². The Morgan fingerprint density at radius 2 is 1.74 bits per heavy atom. The van der Waals surface area contributed by atoms with Gasteiger partial charge in [-0.15, -0.1) is 13.2 Å². The molecule has 4 rings (SSSR count). The number of amides is 1. The van der Waals surface area contributed by atoms with E-state index in [-0.39, 0.29) is 22.8 Å². The second kappa shape index (κ2) is 9.08. The Bertz CT molecular complexity index is 1340. The summed E-state index contributed by atoms with van der Waals surface area (Å²) in [5.74, 6) is -1.53. The predicted octanol–water partition coefficient (Wildman–Crippen LogP) is 5.50. The fraction of sp³-hybridized carbons (Fsp3) is 0.0909. The average Bonchev–Trinajstić information content (AvgIpc) is 3.25. The molecule has 3 heterocycles. The molecule has 0 radical (unpaired) electrons. The molecule has 180 valence electrons. The van der Waals surface area contributed by atoms with Gasteiger partial charge in [0, 0.05) is 23.5 Å². The predicted molar refractivity (Wildman–Crippen MR) is 111 cm³/mol. The Balaban J connectivity index is 1.56. The minimum atomic E-state index is -4.92. The van der Waals surface area contributed by atoms with Gasteiger partial charge < -0.3 is 10.1 Å². The summed E-state index contributed by atoms with van der Waals surface area (Å²) in [7, 11) is 0. The molecular formula is C22H13F6N5O2. The molecule has 0 saturated carbocycles. The summed E-state index contributed by atoms with van der Waals surface area (Å²) in [6.07, 6.45) is -5.72. The van der Waals surface area contributed by atoms with Gasteiger partial charge in [-0.2, -0.15) is 18.3 Å². The highest BCUT2D eigenvalue weighted by Gasteiger charge is 2.37. The number of pyridine rings is 2. The molecular weight excluding hydrogens is 480 g/mol. The van der Waals surface area contributed by atoms with Crippen LogP contribution in [-0.2, 0) is 6.18 Å². The summed E-state index contributed by atoms with van der Waals surface area (Å²) in [6.45, 7) is 0. The van der Waals surface area contributed by atoms with E-state index in [1.54, 1.807) is 12.1 Å². The minimum absolute atomic E-state index is 0.0329. The average molecular weight is 493 g/mol. The van der Waals surface area contributed by atoms with E-state index < -0.39 is 29.9 Å². The Morgan fingerprint density at radius 3 is 2.37 bits per heavy atom. The number of benzene rings is 1. The number of rotatable bonds is 5. The number of halogens is 6. The summed E-state index contributed by atoms with van der Waals surface area (Å²) in [6, 6.07) is 10.9.